The maximum absolute atomic E-state index is 12.0. The first-order valence-corrected chi connectivity index (χ1v) is 8.81. The summed E-state index contributed by atoms with van der Waals surface area (Å²) < 4.78 is 5.16. The summed E-state index contributed by atoms with van der Waals surface area (Å²) in [7, 11) is 0. The predicted octanol–water partition coefficient (Wildman–Crippen LogP) is 2.91. The number of nitrogens with one attached hydrogen (secondary N) is 1. The van der Waals surface area contributed by atoms with E-state index in [1.807, 2.05) is 6.92 Å². The molecule has 0 aromatic rings. The van der Waals surface area contributed by atoms with Crippen LogP contribution < -0.4 is 11.1 Å². The molecular formula is C17H34N2O3. The van der Waals surface area contributed by atoms with Gasteiger partial charge in [0.2, 0.25) is 5.91 Å². The van der Waals surface area contributed by atoms with Gasteiger partial charge in [0.1, 0.15) is 6.04 Å². The molecule has 0 heterocycles. The monoisotopic (exact) mass is 314 g/mol. The third kappa shape index (κ3) is 11.5. The van der Waals surface area contributed by atoms with Gasteiger partial charge in [-0.15, -0.1) is 0 Å². The Bertz CT molecular complexity index is 296. The predicted molar refractivity (Wildman–Crippen MR) is 89.5 cm³/mol. The summed E-state index contributed by atoms with van der Waals surface area (Å²) in [6.07, 6.45) is 9.06. The molecule has 0 aliphatic carbocycles. The van der Waals surface area contributed by atoms with E-state index in [9.17, 15) is 9.59 Å². The summed E-state index contributed by atoms with van der Waals surface area (Å²) in [6.45, 7) is 5.12. The molecule has 3 N–H and O–H groups in total. The minimum Gasteiger partial charge on any atom is -0.464 e. The molecule has 0 saturated heterocycles. The van der Waals surface area contributed by atoms with Crippen LogP contribution in [0.2, 0.25) is 0 Å². The van der Waals surface area contributed by atoms with Crippen LogP contribution in [0.15, 0.2) is 0 Å². The van der Waals surface area contributed by atoms with Crippen molar-refractivity contribution in [2.45, 2.75) is 84.1 Å². The van der Waals surface area contributed by atoms with Gasteiger partial charge in [-0.05, 0) is 38.6 Å². The van der Waals surface area contributed by atoms with Crippen LogP contribution in [-0.2, 0) is 14.3 Å². The lowest BCUT2D eigenvalue weighted by Gasteiger charge is -2.17. The molecule has 1 atom stereocenters. The minimum absolute atomic E-state index is 0.0531. The van der Waals surface area contributed by atoms with Crippen LogP contribution in [0, 0.1) is 0 Å². The lowest BCUT2D eigenvalue weighted by atomic mass is 10.1. The molecule has 0 rings (SSSR count). The first-order chi connectivity index (χ1) is 10.7. The van der Waals surface area contributed by atoms with Gasteiger partial charge < -0.3 is 15.8 Å². The quantitative estimate of drug-likeness (QED) is 0.381. The smallest absolute Gasteiger partial charge is 0.328 e. The Morgan fingerprint density at radius 2 is 1.73 bits per heavy atom. The summed E-state index contributed by atoms with van der Waals surface area (Å²) in [5.41, 5.74) is 5.47. The van der Waals surface area contributed by atoms with E-state index < -0.39 is 6.04 Å². The lowest BCUT2D eigenvalue weighted by Crippen LogP contribution is -2.42. The van der Waals surface area contributed by atoms with Crippen LogP contribution in [0.25, 0.3) is 0 Å². The van der Waals surface area contributed by atoms with Gasteiger partial charge in [-0.25, -0.2) is 4.79 Å². The molecule has 0 aromatic heterocycles. The molecule has 0 bridgehead atoms. The zero-order chi connectivity index (χ0) is 16.6. The standard InChI is InChI=1S/C17H34N2O3/c1-3-5-6-7-8-12-16(20)19-15(11-9-10-13-18)17(21)22-14-4-2/h15H,3-14,18H2,1-2H3,(H,19,20)/t15-/m0/s1. The number of unbranched alkanes of at least 4 members (excludes halogenated alkanes) is 5. The highest BCUT2D eigenvalue weighted by Crippen LogP contribution is 2.07. The fraction of sp³-hybridized carbons (Fsp3) is 0.882. The van der Waals surface area contributed by atoms with Crippen LogP contribution in [0.3, 0.4) is 0 Å². The Morgan fingerprint density at radius 1 is 1.00 bits per heavy atom. The number of nitrogens with two attached hydrogens (primary N) is 1. The summed E-state index contributed by atoms with van der Waals surface area (Å²) in [5.74, 6) is -0.374. The van der Waals surface area contributed by atoms with Crippen molar-refractivity contribution in [2.75, 3.05) is 13.2 Å². The Morgan fingerprint density at radius 3 is 2.36 bits per heavy atom. The van der Waals surface area contributed by atoms with E-state index in [2.05, 4.69) is 12.2 Å². The fourth-order valence-electron chi connectivity index (χ4n) is 2.20. The second kappa shape index (κ2) is 14.8. The topological polar surface area (TPSA) is 81.4 Å². The number of rotatable bonds is 14. The van der Waals surface area contributed by atoms with Gasteiger partial charge in [0.05, 0.1) is 6.61 Å². The van der Waals surface area contributed by atoms with Crippen molar-refractivity contribution in [3.8, 4) is 0 Å². The number of amides is 1. The van der Waals surface area contributed by atoms with Crippen molar-refractivity contribution in [3.63, 3.8) is 0 Å². The van der Waals surface area contributed by atoms with Crippen molar-refractivity contribution in [1.82, 2.24) is 5.32 Å². The molecular weight excluding hydrogens is 280 g/mol. The molecule has 0 fully saturated rings. The van der Waals surface area contributed by atoms with E-state index in [1.54, 1.807) is 0 Å². The molecule has 0 aromatic carbocycles. The van der Waals surface area contributed by atoms with Crippen molar-refractivity contribution in [2.24, 2.45) is 5.73 Å². The lowest BCUT2D eigenvalue weighted by molar-refractivity contribution is -0.148. The molecule has 0 aliphatic rings. The molecule has 5 nitrogen and oxygen atoms in total. The van der Waals surface area contributed by atoms with Crippen LogP contribution in [0.5, 0.6) is 0 Å². The summed E-state index contributed by atoms with van der Waals surface area (Å²) in [6, 6.07) is -0.527. The molecule has 0 unspecified atom stereocenters. The average molecular weight is 314 g/mol. The SMILES string of the molecule is CCCCCCCC(=O)N[C@@H](CCCCN)C(=O)OCCC. The van der Waals surface area contributed by atoms with Crippen LogP contribution in [0.4, 0.5) is 0 Å². The summed E-state index contributed by atoms with van der Waals surface area (Å²) >= 11 is 0. The number of ether oxygens (including phenoxy) is 1. The Hall–Kier alpha value is -1.10. The number of carbonyl (C=O) groups excluding carboxylic acids is 2. The summed E-state index contributed by atoms with van der Waals surface area (Å²) in [5, 5.41) is 2.82. The van der Waals surface area contributed by atoms with E-state index in [4.69, 9.17) is 10.5 Å². The third-order valence-electron chi connectivity index (χ3n) is 3.52. The molecule has 0 saturated carbocycles. The van der Waals surface area contributed by atoms with Gasteiger partial charge in [-0.3, -0.25) is 4.79 Å². The summed E-state index contributed by atoms with van der Waals surface area (Å²) in [4.78, 5) is 23.9. The Balaban J connectivity index is 4.12. The normalized spacial score (nSPS) is 12.0. The van der Waals surface area contributed by atoms with Gasteiger partial charge >= 0.3 is 5.97 Å². The molecule has 22 heavy (non-hydrogen) atoms. The second-order valence-electron chi connectivity index (χ2n) is 5.74. The largest absolute Gasteiger partial charge is 0.464 e. The minimum atomic E-state index is -0.527. The van der Waals surface area contributed by atoms with E-state index in [1.165, 1.54) is 19.3 Å². The Kier molecular flexibility index (Phi) is 14.1. The van der Waals surface area contributed by atoms with E-state index >= 15 is 0 Å². The van der Waals surface area contributed by atoms with Gasteiger partial charge in [-0.2, -0.15) is 0 Å². The molecule has 0 spiro atoms. The van der Waals surface area contributed by atoms with Gasteiger partial charge in [-0.1, -0.05) is 39.5 Å². The van der Waals surface area contributed by atoms with Gasteiger partial charge in [0.15, 0.2) is 0 Å². The third-order valence-corrected chi connectivity index (χ3v) is 3.52. The van der Waals surface area contributed by atoms with Crippen molar-refractivity contribution in [1.29, 1.82) is 0 Å². The van der Waals surface area contributed by atoms with Gasteiger partial charge in [0.25, 0.3) is 0 Å². The van der Waals surface area contributed by atoms with E-state index in [-0.39, 0.29) is 11.9 Å². The number of carbonyl (C=O) groups is 2. The van der Waals surface area contributed by atoms with Crippen LogP contribution in [-0.4, -0.2) is 31.1 Å². The number of hydrogen-bond donors (Lipinski definition) is 2. The highest BCUT2D eigenvalue weighted by Gasteiger charge is 2.21. The average Bonchev–Trinajstić information content (AvgIpc) is 2.51. The van der Waals surface area contributed by atoms with Gasteiger partial charge in [0, 0.05) is 6.42 Å². The van der Waals surface area contributed by atoms with Crippen molar-refractivity contribution < 1.29 is 14.3 Å². The molecule has 5 heteroatoms. The maximum Gasteiger partial charge on any atom is 0.328 e. The number of esters is 1. The first-order valence-electron chi connectivity index (χ1n) is 8.81. The van der Waals surface area contributed by atoms with E-state index in [0.29, 0.717) is 26.0 Å². The second-order valence-corrected chi connectivity index (χ2v) is 5.74. The fourth-order valence-corrected chi connectivity index (χ4v) is 2.20. The first kappa shape index (κ1) is 20.9. The van der Waals surface area contributed by atoms with Crippen LogP contribution >= 0.6 is 0 Å². The van der Waals surface area contributed by atoms with E-state index in [0.717, 1.165) is 32.1 Å². The maximum atomic E-state index is 12.0. The molecule has 0 aliphatic heterocycles. The molecule has 1 amide bonds. The van der Waals surface area contributed by atoms with Crippen molar-refractivity contribution >= 4 is 11.9 Å². The zero-order valence-corrected chi connectivity index (χ0v) is 14.4. The molecule has 130 valence electrons. The highest BCUT2D eigenvalue weighted by atomic mass is 16.5. The van der Waals surface area contributed by atoms with Crippen molar-refractivity contribution in [3.05, 3.63) is 0 Å². The molecule has 0 radical (unpaired) electrons. The highest BCUT2D eigenvalue weighted by molar-refractivity contribution is 5.84. The Labute approximate surface area is 135 Å². The van der Waals surface area contributed by atoms with Crippen LogP contribution in [0.1, 0.15) is 78.1 Å². The number of hydrogen-bond acceptors (Lipinski definition) is 4. The zero-order valence-electron chi connectivity index (χ0n) is 14.4.